The van der Waals surface area contributed by atoms with E-state index >= 15 is 0 Å². The summed E-state index contributed by atoms with van der Waals surface area (Å²) < 4.78 is 38.7. The number of hydrogen-bond donors (Lipinski definition) is 0. The zero-order chi connectivity index (χ0) is 32.3. The third-order valence-corrected chi connectivity index (χ3v) is 18.0. The molecule has 0 aliphatic heterocycles. The van der Waals surface area contributed by atoms with Crippen molar-refractivity contribution < 1.29 is 26.6 Å². The Balaban J connectivity index is 1.49. The van der Waals surface area contributed by atoms with Gasteiger partial charge in [0.2, 0.25) is 0 Å². The third-order valence-electron chi connectivity index (χ3n) is 7.55. The molecule has 6 aromatic rings. The number of fused-ring (bicyclic) bond motifs is 2. The van der Waals surface area contributed by atoms with Gasteiger partial charge in [0.05, 0.1) is 20.4 Å². The molecule has 4 aromatic carbocycles. The van der Waals surface area contributed by atoms with Crippen LogP contribution in [0.15, 0.2) is 94.7 Å². The van der Waals surface area contributed by atoms with Gasteiger partial charge < -0.3 is 26.6 Å². The second-order valence-electron chi connectivity index (χ2n) is 9.83. The predicted octanol–water partition coefficient (Wildman–Crippen LogP) is 7.21. The van der Waals surface area contributed by atoms with Gasteiger partial charge in [0.15, 0.2) is 0 Å². The fourth-order valence-corrected chi connectivity index (χ4v) is 15.3. The van der Waals surface area contributed by atoms with E-state index in [9.17, 15) is 0 Å². The van der Waals surface area contributed by atoms with Crippen LogP contribution in [-0.2, 0) is 26.6 Å². The zero-order valence-corrected chi connectivity index (χ0v) is 31.3. The number of nitrogens with zero attached hydrogens (tertiary/aromatic N) is 2. The van der Waals surface area contributed by atoms with Gasteiger partial charge in [-0.25, -0.2) is 9.97 Å². The van der Waals surface area contributed by atoms with Crippen molar-refractivity contribution in [3.05, 3.63) is 84.9 Å². The number of para-hydroxylation sites is 2. The summed E-state index contributed by atoms with van der Waals surface area (Å²) in [5, 5.41) is 3.46. The van der Waals surface area contributed by atoms with Crippen molar-refractivity contribution in [3.8, 4) is 21.1 Å². The minimum Gasteiger partial charge on any atom is -0.373 e. The van der Waals surface area contributed by atoms with E-state index in [0.29, 0.717) is 0 Å². The molecule has 2 heterocycles. The fraction of sp³-hybridized carbons (Fsp3) is 0.188. The average Bonchev–Trinajstić information content (AvgIpc) is 3.75. The molecule has 0 fully saturated rings. The lowest BCUT2D eigenvalue weighted by atomic mass is 10.2. The predicted molar refractivity (Wildman–Crippen MR) is 195 cm³/mol. The zero-order valence-electron chi connectivity index (χ0n) is 26.1. The topological polar surface area (TPSA) is 81.2 Å². The molecule has 0 aliphatic carbocycles. The van der Waals surface area contributed by atoms with Crippen LogP contribution in [0.5, 0.6) is 0 Å². The Labute approximate surface area is 286 Å². The Morgan fingerprint density at radius 1 is 0.478 bits per heavy atom. The Kier molecular flexibility index (Phi) is 10.4. The second-order valence-corrected chi connectivity index (χ2v) is 19.8. The molecule has 0 atom stereocenters. The first-order valence-corrected chi connectivity index (χ1v) is 21.3. The lowest BCUT2D eigenvalue weighted by Crippen LogP contribution is -2.56. The highest BCUT2D eigenvalue weighted by atomic mass is 33.1. The van der Waals surface area contributed by atoms with Crippen molar-refractivity contribution in [1.82, 2.24) is 9.97 Å². The molecule has 6 rings (SSSR count). The van der Waals surface area contributed by atoms with Crippen LogP contribution < -0.4 is 10.4 Å². The summed E-state index contributed by atoms with van der Waals surface area (Å²) in [6, 6.07) is 28.5. The molecule has 0 saturated carbocycles. The van der Waals surface area contributed by atoms with Gasteiger partial charge in [-0.2, -0.15) is 0 Å². The van der Waals surface area contributed by atoms with Crippen LogP contribution in [0, 0.1) is 0 Å². The van der Waals surface area contributed by atoms with Crippen molar-refractivity contribution in [2.75, 3.05) is 42.7 Å². The molecule has 46 heavy (non-hydrogen) atoms. The number of rotatable bonds is 13. The Morgan fingerprint density at radius 2 is 0.848 bits per heavy atom. The molecule has 238 valence electrons. The van der Waals surface area contributed by atoms with E-state index in [-0.39, 0.29) is 0 Å². The molecule has 0 bridgehead atoms. The summed E-state index contributed by atoms with van der Waals surface area (Å²) in [5.41, 5.74) is 3.72. The second kappa shape index (κ2) is 14.4. The van der Waals surface area contributed by atoms with Gasteiger partial charge in [0.1, 0.15) is 10.0 Å². The Hall–Kier alpha value is -2.45. The van der Waals surface area contributed by atoms with Crippen LogP contribution in [0.25, 0.3) is 41.6 Å². The SMILES string of the molecule is CO[Si](OC)(OC)c1c(SSc2cccc(-c3nc4ccccc4s3)c2[Si](OC)(OC)OC)cccc1-c1nc2ccccc2s1. The number of thiazole rings is 2. The summed E-state index contributed by atoms with van der Waals surface area (Å²) >= 11 is 3.26. The largest absolute Gasteiger partial charge is 0.538 e. The molecule has 8 nitrogen and oxygen atoms in total. The lowest BCUT2D eigenvalue weighted by molar-refractivity contribution is 0.139. The highest BCUT2D eigenvalue weighted by Gasteiger charge is 2.47. The molecular formula is C32H32N2O6S4Si2. The van der Waals surface area contributed by atoms with Gasteiger partial charge in [-0.1, -0.05) is 70.1 Å². The first kappa shape index (κ1) is 33.5. The fourth-order valence-electron chi connectivity index (χ4n) is 5.37. The number of aromatic nitrogens is 2. The smallest absolute Gasteiger partial charge is 0.373 e. The maximum atomic E-state index is 6.08. The Bertz CT molecular complexity index is 1760. The van der Waals surface area contributed by atoms with Crippen molar-refractivity contribution >= 4 is 92.7 Å². The van der Waals surface area contributed by atoms with Crippen LogP contribution in [0.2, 0.25) is 0 Å². The van der Waals surface area contributed by atoms with E-state index in [1.807, 2.05) is 48.5 Å². The normalized spacial score (nSPS) is 12.4. The van der Waals surface area contributed by atoms with E-state index in [1.54, 1.807) is 86.9 Å². The van der Waals surface area contributed by atoms with Crippen molar-refractivity contribution in [2.45, 2.75) is 9.79 Å². The Morgan fingerprint density at radius 3 is 1.20 bits per heavy atom. The summed E-state index contributed by atoms with van der Waals surface area (Å²) in [4.78, 5) is 11.8. The molecule has 0 saturated heterocycles. The minimum atomic E-state index is -3.35. The number of benzene rings is 4. The van der Waals surface area contributed by atoms with Gasteiger partial charge in [-0.05, 0) is 36.4 Å². The number of hydrogen-bond acceptors (Lipinski definition) is 12. The lowest BCUT2D eigenvalue weighted by Gasteiger charge is -2.29. The van der Waals surface area contributed by atoms with E-state index in [0.717, 1.165) is 61.7 Å². The highest BCUT2D eigenvalue weighted by molar-refractivity contribution is 8.76. The molecule has 0 radical (unpaired) electrons. The van der Waals surface area contributed by atoms with Gasteiger partial charge in [0.25, 0.3) is 0 Å². The van der Waals surface area contributed by atoms with E-state index in [4.69, 9.17) is 36.5 Å². The highest BCUT2D eigenvalue weighted by Crippen LogP contribution is 2.42. The van der Waals surface area contributed by atoms with Gasteiger partial charge in [-0.3, -0.25) is 0 Å². The molecule has 2 aromatic heterocycles. The van der Waals surface area contributed by atoms with Crippen molar-refractivity contribution in [1.29, 1.82) is 0 Å². The standard InChI is InChI=1S/C32H32N2O6S4Si2/c1-35-45(36-2,37-3)29-21(31-33-23-15-7-9-17-25(23)41-31)13-11-19-27(29)43-44-28-20-12-14-22(30(28)46(38-4,39-5)40-6)32-34-24-16-8-10-18-26(24)42-32/h7-20H,1-6H3. The van der Waals surface area contributed by atoms with Crippen molar-refractivity contribution in [3.63, 3.8) is 0 Å². The van der Waals surface area contributed by atoms with E-state index in [1.165, 1.54) is 0 Å². The minimum absolute atomic E-state index is 0.858. The van der Waals surface area contributed by atoms with Gasteiger partial charge in [-0.15, -0.1) is 22.7 Å². The van der Waals surface area contributed by atoms with Crippen LogP contribution >= 0.6 is 44.3 Å². The van der Waals surface area contributed by atoms with Crippen LogP contribution in [0.4, 0.5) is 0 Å². The molecule has 0 unspecified atom stereocenters. The summed E-state index contributed by atoms with van der Waals surface area (Å²) in [5.74, 6) is 0. The van der Waals surface area contributed by atoms with Crippen LogP contribution in [-0.4, -0.2) is 70.2 Å². The van der Waals surface area contributed by atoms with Crippen molar-refractivity contribution in [2.24, 2.45) is 0 Å². The van der Waals surface area contributed by atoms with E-state index < -0.39 is 17.6 Å². The quantitative estimate of drug-likeness (QED) is 0.0901. The molecule has 14 heteroatoms. The molecule has 0 spiro atoms. The molecule has 0 N–H and O–H groups in total. The first-order valence-electron chi connectivity index (χ1n) is 14.1. The van der Waals surface area contributed by atoms with E-state index in [2.05, 4.69) is 36.4 Å². The average molecular weight is 725 g/mol. The molecule has 0 aliphatic rings. The first-order chi connectivity index (χ1) is 22.5. The molecule has 0 amide bonds. The summed E-state index contributed by atoms with van der Waals surface area (Å²) in [7, 11) is 6.26. The summed E-state index contributed by atoms with van der Waals surface area (Å²) in [6.07, 6.45) is 0. The summed E-state index contributed by atoms with van der Waals surface area (Å²) in [6.45, 7) is 0. The maximum absolute atomic E-state index is 6.08. The third kappa shape index (κ3) is 6.02. The van der Waals surface area contributed by atoms with Gasteiger partial charge in [0, 0.05) is 74.0 Å². The van der Waals surface area contributed by atoms with Gasteiger partial charge >= 0.3 is 17.6 Å². The maximum Gasteiger partial charge on any atom is 0.538 e. The molecular weight excluding hydrogens is 693 g/mol. The monoisotopic (exact) mass is 724 g/mol. The van der Waals surface area contributed by atoms with Crippen LogP contribution in [0.3, 0.4) is 0 Å². The van der Waals surface area contributed by atoms with Crippen LogP contribution in [0.1, 0.15) is 0 Å².